The maximum atomic E-state index is 10.7. The number of carboxylic acids is 1. The minimum atomic E-state index is -0.743. The van der Waals surface area contributed by atoms with Gasteiger partial charge in [0, 0.05) is 31.9 Å². The highest BCUT2D eigenvalue weighted by atomic mass is 16.4. The number of carbonyl (C=O) groups is 1. The lowest BCUT2D eigenvalue weighted by Crippen LogP contribution is -2.48. The van der Waals surface area contributed by atoms with Crippen molar-refractivity contribution in [1.29, 1.82) is 0 Å². The molecule has 1 heterocycles. The van der Waals surface area contributed by atoms with E-state index in [4.69, 9.17) is 5.11 Å². The third-order valence-electron chi connectivity index (χ3n) is 3.83. The summed E-state index contributed by atoms with van der Waals surface area (Å²) in [6.45, 7) is 10.2. The van der Waals surface area contributed by atoms with Gasteiger partial charge in [-0.3, -0.25) is 9.69 Å². The van der Waals surface area contributed by atoms with Crippen LogP contribution in [0.4, 0.5) is 5.69 Å². The van der Waals surface area contributed by atoms with Gasteiger partial charge >= 0.3 is 5.97 Å². The summed E-state index contributed by atoms with van der Waals surface area (Å²) in [7, 11) is 0. The summed E-state index contributed by atoms with van der Waals surface area (Å²) in [5.41, 5.74) is 2.75. The lowest BCUT2D eigenvalue weighted by molar-refractivity contribution is -0.138. The van der Waals surface area contributed by atoms with Crippen molar-refractivity contribution in [3.05, 3.63) is 29.8 Å². The molecule has 0 spiro atoms. The molecular weight excluding hydrogens is 252 g/mol. The van der Waals surface area contributed by atoms with Gasteiger partial charge in [0.25, 0.3) is 0 Å². The van der Waals surface area contributed by atoms with Crippen molar-refractivity contribution in [2.24, 2.45) is 0 Å². The van der Waals surface area contributed by atoms with Crippen LogP contribution in [0.25, 0.3) is 0 Å². The molecule has 0 unspecified atom stereocenters. The molecule has 20 heavy (non-hydrogen) atoms. The molecule has 0 aromatic heterocycles. The first-order valence-corrected chi connectivity index (χ1v) is 7.16. The van der Waals surface area contributed by atoms with Crippen LogP contribution in [0.5, 0.6) is 0 Å². The molecule has 1 N–H and O–H groups in total. The van der Waals surface area contributed by atoms with Crippen LogP contribution < -0.4 is 4.90 Å². The van der Waals surface area contributed by atoms with Crippen molar-refractivity contribution in [3.8, 4) is 0 Å². The summed E-state index contributed by atoms with van der Waals surface area (Å²) in [5.74, 6) is -0.743. The Kier molecular flexibility index (Phi) is 4.33. The van der Waals surface area contributed by atoms with Gasteiger partial charge in [0.1, 0.15) is 0 Å². The molecule has 0 amide bonds. The number of hydrogen-bond acceptors (Lipinski definition) is 3. The number of aliphatic carboxylic acids is 1. The summed E-state index contributed by atoms with van der Waals surface area (Å²) in [4.78, 5) is 15.0. The van der Waals surface area contributed by atoms with Crippen LogP contribution in [-0.2, 0) is 10.2 Å². The van der Waals surface area contributed by atoms with E-state index < -0.39 is 5.97 Å². The van der Waals surface area contributed by atoms with E-state index in [9.17, 15) is 4.79 Å². The van der Waals surface area contributed by atoms with Crippen LogP contribution in [0.2, 0.25) is 0 Å². The third kappa shape index (κ3) is 3.73. The van der Waals surface area contributed by atoms with E-state index >= 15 is 0 Å². The Hall–Kier alpha value is -1.55. The zero-order valence-corrected chi connectivity index (χ0v) is 12.6. The Morgan fingerprint density at radius 1 is 1.10 bits per heavy atom. The first-order valence-electron chi connectivity index (χ1n) is 7.16. The van der Waals surface area contributed by atoms with Crippen LogP contribution in [0, 0.1) is 0 Å². The molecule has 0 atom stereocenters. The van der Waals surface area contributed by atoms with Crippen LogP contribution >= 0.6 is 0 Å². The predicted molar refractivity (Wildman–Crippen MR) is 81.4 cm³/mol. The SMILES string of the molecule is CC(C)(C)c1ccc(N2CCN(CC(=O)O)CC2)cc1. The second-order valence-electron chi connectivity index (χ2n) is 6.45. The van der Waals surface area contributed by atoms with E-state index in [1.165, 1.54) is 11.3 Å². The predicted octanol–water partition coefficient (Wildman–Crippen LogP) is 2.19. The second-order valence-corrected chi connectivity index (χ2v) is 6.45. The molecule has 110 valence electrons. The fourth-order valence-electron chi connectivity index (χ4n) is 2.53. The number of nitrogens with zero attached hydrogens (tertiary/aromatic N) is 2. The van der Waals surface area contributed by atoms with Crippen LogP contribution in [-0.4, -0.2) is 48.7 Å². The first kappa shape index (κ1) is 14.9. The molecule has 1 saturated heterocycles. The minimum absolute atomic E-state index is 0.150. The van der Waals surface area contributed by atoms with Gasteiger partial charge in [-0.1, -0.05) is 32.9 Å². The van der Waals surface area contributed by atoms with E-state index in [0.29, 0.717) is 0 Å². The summed E-state index contributed by atoms with van der Waals surface area (Å²) >= 11 is 0. The number of piperazine rings is 1. The summed E-state index contributed by atoms with van der Waals surface area (Å²) in [6, 6.07) is 8.73. The van der Waals surface area contributed by atoms with Crippen LogP contribution in [0.1, 0.15) is 26.3 Å². The fraction of sp³-hybridized carbons (Fsp3) is 0.562. The maximum Gasteiger partial charge on any atom is 0.317 e. The highest BCUT2D eigenvalue weighted by molar-refractivity contribution is 5.69. The van der Waals surface area contributed by atoms with Crippen LogP contribution in [0.3, 0.4) is 0 Å². The van der Waals surface area contributed by atoms with Crippen molar-refractivity contribution in [2.75, 3.05) is 37.6 Å². The highest BCUT2D eigenvalue weighted by Gasteiger charge is 2.19. The molecule has 0 radical (unpaired) electrons. The summed E-state index contributed by atoms with van der Waals surface area (Å²) in [6.07, 6.45) is 0. The smallest absolute Gasteiger partial charge is 0.317 e. The van der Waals surface area contributed by atoms with Gasteiger partial charge < -0.3 is 10.0 Å². The normalized spacial score (nSPS) is 17.2. The average molecular weight is 276 g/mol. The summed E-state index contributed by atoms with van der Waals surface area (Å²) in [5, 5.41) is 8.80. The van der Waals surface area contributed by atoms with Crippen molar-refractivity contribution in [1.82, 2.24) is 4.90 Å². The standard InChI is InChI=1S/C16H24N2O2/c1-16(2,3)13-4-6-14(7-5-13)18-10-8-17(9-11-18)12-15(19)20/h4-7H,8-12H2,1-3H3,(H,19,20). The largest absolute Gasteiger partial charge is 0.480 e. The molecule has 0 bridgehead atoms. The van der Waals surface area contributed by atoms with Crippen molar-refractivity contribution < 1.29 is 9.90 Å². The maximum absolute atomic E-state index is 10.7. The number of hydrogen-bond donors (Lipinski definition) is 1. The Morgan fingerprint density at radius 2 is 1.65 bits per heavy atom. The molecule has 4 nitrogen and oxygen atoms in total. The zero-order chi connectivity index (χ0) is 14.8. The van der Waals surface area contributed by atoms with Gasteiger partial charge in [-0.2, -0.15) is 0 Å². The Morgan fingerprint density at radius 3 is 2.10 bits per heavy atom. The Balaban J connectivity index is 1.95. The van der Waals surface area contributed by atoms with Crippen molar-refractivity contribution >= 4 is 11.7 Å². The van der Waals surface area contributed by atoms with Crippen LogP contribution in [0.15, 0.2) is 24.3 Å². The highest BCUT2D eigenvalue weighted by Crippen LogP contribution is 2.25. The molecular formula is C16H24N2O2. The zero-order valence-electron chi connectivity index (χ0n) is 12.6. The van der Waals surface area contributed by atoms with E-state index in [1.54, 1.807) is 0 Å². The van der Waals surface area contributed by atoms with Gasteiger partial charge in [-0.05, 0) is 23.1 Å². The van der Waals surface area contributed by atoms with E-state index in [0.717, 1.165) is 26.2 Å². The number of anilines is 1. The van der Waals surface area contributed by atoms with Gasteiger partial charge in [0.2, 0.25) is 0 Å². The fourth-order valence-corrected chi connectivity index (χ4v) is 2.53. The van der Waals surface area contributed by atoms with Gasteiger partial charge in [-0.25, -0.2) is 0 Å². The monoisotopic (exact) mass is 276 g/mol. The lowest BCUT2D eigenvalue weighted by Gasteiger charge is -2.35. The molecule has 1 aromatic rings. The molecule has 1 aromatic carbocycles. The van der Waals surface area contributed by atoms with Gasteiger partial charge in [-0.15, -0.1) is 0 Å². The van der Waals surface area contributed by atoms with Crippen molar-refractivity contribution in [3.63, 3.8) is 0 Å². The lowest BCUT2D eigenvalue weighted by atomic mass is 9.87. The molecule has 2 rings (SSSR count). The summed E-state index contributed by atoms with van der Waals surface area (Å²) < 4.78 is 0. The molecule has 1 fully saturated rings. The van der Waals surface area contributed by atoms with Crippen molar-refractivity contribution in [2.45, 2.75) is 26.2 Å². The topological polar surface area (TPSA) is 43.8 Å². The number of rotatable bonds is 3. The van der Waals surface area contributed by atoms with Gasteiger partial charge in [0.15, 0.2) is 0 Å². The Bertz CT molecular complexity index is 454. The molecule has 0 saturated carbocycles. The third-order valence-corrected chi connectivity index (χ3v) is 3.83. The number of carboxylic acid groups (broad SMARTS) is 1. The van der Waals surface area contributed by atoms with Gasteiger partial charge in [0.05, 0.1) is 6.54 Å². The molecule has 4 heteroatoms. The Labute approximate surface area is 121 Å². The van der Waals surface area contributed by atoms with E-state index in [2.05, 4.69) is 49.9 Å². The molecule has 1 aliphatic rings. The molecule has 1 aliphatic heterocycles. The molecule has 0 aliphatic carbocycles. The average Bonchev–Trinajstić information content (AvgIpc) is 2.38. The quantitative estimate of drug-likeness (QED) is 0.919. The van der Waals surface area contributed by atoms with E-state index in [1.807, 2.05) is 4.90 Å². The van der Waals surface area contributed by atoms with E-state index in [-0.39, 0.29) is 12.0 Å². The second kappa shape index (κ2) is 5.83. The minimum Gasteiger partial charge on any atom is -0.480 e. The number of benzene rings is 1. The first-order chi connectivity index (χ1) is 9.36.